The van der Waals surface area contributed by atoms with Gasteiger partial charge in [0.05, 0.1) is 13.2 Å². The van der Waals surface area contributed by atoms with Gasteiger partial charge in [-0.3, -0.25) is 24.6 Å². The predicted molar refractivity (Wildman–Crippen MR) is 224 cm³/mol. The Kier molecular flexibility index (Phi) is 17.2. The first-order valence-corrected chi connectivity index (χ1v) is 20.9. The van der Waals surface area contributed by atoms with E-state index in [-0.39, 0.29) is 37.0 Å². The highest BCUT2D eigenvalue weighted by Gasteiger charge is 2.36. The number of alkyl halides is 1. The maximum absolute atomic E-state index is 12.6. The Morgan fingerprint density at radius 2 is 1.17 bits per heavy atom. The predicted octanol–water partition coefficient (Wildman–Crippen LogP) is 8.84. The molecule has 2 aromatic carbocycles. The minimum Gasteiger partial charge on any atom is -0.468 e. The quantitative estimate of drug-likeness (QED) is 0.0931. The maximum Gasteiger partial charge on any atom is 0.327 e. The smallest absolute Gasteiger partial charge is 0.327 e. The van der Waals surface area contributed by atoms with E-state index in [0.717, 1.165) is 36.8 Å². The van der Waals surface area contributed by atoms with Gasteiger partial charge in [0.25, 0.3) is 0 Å². The molecule has 0 spiro atoms. The van der Waals surface area contributed by atoms with E-state index < -0.39 is 10.8 Å². The van der Waals surface area contributed by atoms with Crippen molar-refractivity contribution in [1.82, 2.24) is 30.4 Å². The van der Waals surface area contributed by atoms with E-state index in [4.69, 9.17) is 14.7 Å². The Morgan fingerprint density at radius 1 is 0.724 bits per heavy atom. The molecule has 0 aliphatic heterocycles. The van der Waals surface area contributed by atoms with Crippen molar-refractivity contribution in [3.8, 4) is 28.8 Å². The number of benzene rings is 2. The Morgan fingerprint density at radius 3 is 1.62 bits per heavy atom. The molecule has 58 heavy (non-hydrogen) atoms. The van der Waals surface area contributed by atoms with Gasteiger partial charge >= 0.3 is 17.9 Å². The van der Waals surface area contributed by atoms with Gasteiger partial charge in [-0.25, -0.2) is 9.97 Å². The lowest BCUT2D eigenvalue weighted by molar-refractivity contribution is -0.157. The number of methoxy groups -OCH3 is 1. The number of hydrogen-bond donors (Lipinski definition) is 2. The van der Waals surface area contributed by atoms with Crippen LogP contribution in [0.5, 0.6) is 0 Å². The van der Waals surface area contributed by atoms with Crippen LogP contribution < -0.4 is 0 Å². The minimum absolute atomic E-state index is 0.00295. The number of aromatic amines is 2. The molecule has 0 amide bonds. The molecule has 2 heterocycles. The normalized spacial score (nSPS) is 24.4. The van der Waals surface area contributed by atoms with Gasteiger partial charge in [-0.1, -0.05) is 117 Å². The Hall–Kier alpha value is -4.90. The molecule has 2 aromatic heterocycles. The summed E-state index contributed by atoms with van der Waals surface area (Å²) >= 11 is 3.42. The lowest BCUT2D eigenvalue weighted by Gasteiger charge is -2.37. The second-order valence-corrected chi connectivity index (χ2v) is 17.2. The molecule has 0 saturated heterocycles. The fourth-order valence-corrected chi connectivity index (χ4v) is 8.36. The van der Waals surface area contributed by atoms with E-state index >= 15 is 0 Å². The van der Waals surface area contributed by atoms with Gasteiger partial charge in [0, 0.05) is 11.1 Å². The van der Waals surface area contributed by atoms with Crippen molar-refractivity contribution in [2.75, 3.05) is 7.11 Å². The van der Waals surface area contributed by atoms with Crippen LogP contribution in [0.25, 0.3) is 22.8 Å². The molecular formula is C44H58BrN7O6. The third kappa shape index (κ3) is 13.3. The standard InChI is InChI=1S/C20H26BrN3O2.C20H27N3O2.C4H5NO2/c1-11-5-7-15(8-6-11)18-22-19(24-23-18)16(21)20(25)26-17-13(3)9-12(2)10-14(17)4;1-12-5-7-16(8-6-12)20-21-17(22-23-20)11-18(24)25-19-14(3)9-13(2)10-15(19)4;1-7-4(6)2-3-5/h5-8,12-14,16-17H,9-10H2,1-4H3,(H,22,23,24);5-8,13-15,19H,9-11H2,1-4H3,(H,21,22,23);2H2,1H3. The molecule has 2 N–H and O–H groups in total. The zero-order valence-corrected chi connectivity index (χ0v) is 36.7. The second kappa shape index (κ2) is 21.7. The van der Waals surface area contributed by atoms with Crippen molar-refractivity contribution < 1.29 is 28.6 Å². The van der Waals surface area contributed by atoms with Gasteiger partial charge < -0.3 is 14.2 Å². The van der Waals surface area contributed by atoms with E-state index in [1.54, 1.807) is 6.07 Å². The van der Waals surface area contributed by atoms with Crippen LogP contribution in [0.3, 0.4) is 0 Å². The van der Waals surface area contributed by atoms with Crippen molar-refractivity contribution in [1.29, 1.82) is 5.26 Å². The second-order valence-electron chi connectivity index (χ2n) is 16.3. The van der Waals surface area contributed by atoms with E-state index in [9.17, 15) is 14.4 Å². The lowest BCUT2D eigenvalue weighted by atomic mass is 9.75. The number of rotatable bonds is 9. The van der Waals surface area contributed by atoms with Crippen molar-refractivity contribution >= 4 is 33.8 Å². The number of halogens is 1. The summed E-state index contributed by atoms with van der Waals surface area (Å²) in [4.78, 5) is 43.2. The number of nitrogens with zero attached hydrogens (tertiary/aromatic N) is 5. The highest BCUT2D eigenvalue weighted by Crippen LogP contribution is 2.37. The van der Waals surface area contributed by atoms with Crippen LogP contribution in [0.1, 0.15) is 101 Å². The van der Waals surface area contributed by atoms with Gasteiger partial charge in [-0.05, 0) is 75.0 Å². The number of carbonyl (C=O) groups excluding carboxylic acids is 3. The molecule has 14 heteroatoms. The van der Waals surface area contributed by atoms with E-state index in [1.807, 2.05) is 62.4 Å². The van der Waals surface area contributed by atoms with Crippen LogP contribution in [0.4, 0.5) is 0 Å². The Bertz CT molecular complexity index is 1950. The van der Waals surface area contributed by atoms with E-state index in [1.165, 1.54) is 18.2 Å². The van der Waals surface area contributed by atoms with E-state index in [0.29, 0.717) is 58.8 Å². The SMILES string of the molecule is COC(=O)CC#N.Cc1ccc(-c2n[nH]c(C(Br)C(=O)OC3C(C)CC(C)CC3C)n2)cc1.Cc1ccc(-c2n[nH]c(CC(=O)OC3C(C)CC(C)CC3C)n2)cc1. The molecule has 2 fully saturated rings. The maximum atomic E-state index is 12.6. The van der Waals surface area contributed by atoms with Crippen molar-refractivity contribution in [2.45, 2.75) is 111 Å². The summed E-state index contributed by atoms with van der Waals surface area (Å²) in [5.41, 5.74) is 4.21. The summed E-state index contributed by atoms with van der Waals surface area (Å²) in [5, 5.41) is 22.0. The number of aryl methyl sites for hydroxylation is 2. The summed E-state index contributed by atoms with van der Waals surface area (Å²) in [6.07, 6.45) is 4.34. The number of carbonyl (C=O) groups is 3. The molecule has 2 aliphatic rings. The fraction of sp³-hybridized carbons (Fsp3) is 0.545. The first kappa shape index (κ1) is 45.8. The van der Waals surface area contributed by atoms with Crippen LogP contribution >= 0.6 is 15.9 Å². The van der Waals surface area contributed by atoms with E-state index in [2.05, 4.69) is 92.6 Å². The molecule has 4 aromatic rings. The number of nitriles is 1. The first-order chi connectivity index (χ1) is 27.6. The number of H-pyrrole nitrogens is 2. The molecule has 2 saturated carbocycles. The van der Waals surface area contributed by atoms with Crippen LogP contribution in [0.15, 0.2) is 48.5 Å². The molecule has 5 atom stereocenters. The number of aromatic nitrogens is 6. The summed E-state index contributed by atoms with van der Waals surface area (Å²) in [7, 11) is 1.25. The summed E-state index contributed by atoms with van der Waals surface area (Å²) in [5.74, 6) is 4.10. The van der Waals surface area contributed by atoms with Crippen molar-refractivity contribution in [3.05, 3.63) is 71.3 Å². The van der Waals surface area contributed by atoms with Gasteiger partial charge in [-0.15, -0.1) is 0 Å². The first-order valence-electron chi connectivity index (χ1n) is 20.0. The van der Waals surface area contributed by atoms with Crippen LogP contribution in [-0.2, 0) is 35.0 Å². The van der Waals surface area contributed by atoms with Gasteiger partial charge in [0.2, 0.25) is 0 Å². The lowest BCUT2D eigenvalue weighted by Crippen LogP contribution is -2.38. The van der Waals surface area contributed by atoms with Crippen molar-refractivity contribution in [2.24, 2.45) is 35.5 Å². The third-order valence-electron chi connectivity index (χ3n) is 10.7. The highest BCUT2D eigenvalue weighted by molar-refractivity contribution is 9.09. The Balaban J connectivity index is 0.000000221. The van der Waals surface area contributed by atoms with Gasteiger partial charge in [-0.2, -0.15) is 15.5 Å². The molecule has 0 bridgehead atoms. The highest BCUT2D eigenvalue weighted by atomic mass is 79.9. The molecule has 13 nitrogen and oxygen atoms in total. The van der Waals surface area contributed by atoms with Crippen molar-refractivity contribution in [3.63, 3.8) is 0 Å². The number of nitrogens with one attached hydrogen (secondary N) is 2. The molecule has 5 unspecified atom stereocenters. The molecule has 6 rings (SSSR count). The monoisotopic (exact) mass is 859 g/mol. The topological polar surface area (TPSA) is 186 Å². The third-order valence-corrected chi connectivity index (χ3v) is 11.5. The number of hydrogen-bond acceptors (Lipinski definition) is 11. The molecule has 0 radical (unpaired) electrons. The largest absolute Gasteiger partial charge is 0.468 e. The number of esters is 3. The molecular weight excluding hydrogens is 802 g/mol. The molecule has 2 aliphatic carbocycles. The minimum atomic E-state index is -0.645. The van der Waals surface area contributed by atoms with Gasteiger partial charge in [0.1, 0.15) is 36.7 Å². The average Bonchev–Trinajstić information content (AvgIpc) is 3.86. The zero-order valence-electron chi connectivity index (χ0n) is 35.1. The summed E-state index contributed by atoms with van der Waals surface area (Å²) < 4.78 is 15.7. The van der Waals surface area contributed by atoms with Crippen LogP contribution in [-0.4, -0.2) is 67.6 Å². The average molecular weight is 861 g/mol. The summed E-state index contributed by atoms with van der Waals surface area (Å²) in [6.45, 7) is 17.3. The van der Waals surface area contributed by atoms with Gasteiger partial charge in [0.15, 0.2) is 16.5 Å². The Labute approximate surface area is 350 Å². The zero-order chi connectivity index (χ0) is 42.5. The number of ether oxygens (including phenoxy) is 3. The van der Waals surface area contributed by atoms with Crippen LogP contribution in [0, 0.1) is 60.7 Å². The van der Waals surface area contributed by atoms with Crippen LogP contribution in [0.2, 0.25) is 0 Å². The summed E-state index contributed by atoms with van der Waals surface area (Å²) in [6, 6.07) is 17.6. The fourth-order valence-electron chi connectivity index (χ4n) is 8.05. The molecule has 312 valence electrons.